The molecule has 2 rings (SSSR count). The number of hydrogen-bond donors (Lipinski definition) is 1. The number of amides is 1. The molecule has 0 saturated carbocycles. The number of halogens is 1. The SMILES string of the molecule is COc1cccc(CCNC(=O)COc2cc(C)c(Cl)c(C)c2)c1. The van der Waals surface area contributed by atoms with Gasteiger partial charge in [0.15, 0.2) is 6.61 Å². The lowest BCUT2D eigenvalue weighted by Gasteiger charge is -2.10. The van der Waals surface area contributed by atoms with Crippen LogP contribution in [-0.2, 0) is 11.2 Å². The van der Waals surface area contributed by atoms with Crippen molar-refractivity contribution in [2.45, 2.75) is 20.3 Å². The van der Waals surface area contributed by atoms with E-state index in [9.17, 15) is 4.79 Å². The molecule has 0 aliphatic carbocycles. The Kier molecular flexibility index (Phi) is 6.50. The molecule has 2 aromatic rings. The Labute approximate surface area is 147 Å². The van der Waals surface area contributed by atoms with Crippen molar-refractivity contribution in [2.24, 2.45) is 0 Å². The minimum Gasteiger partial charge on any atom is -0.497 e. The van der Waals surface area contributed by atoms with Gasteiger partial charge in [0.05, 0.1) is 7.11 Å². The van der Waals surface area contributed by atoms with Crippen LogP contribution in [0.3, 0.4) is 0 Å². The maximum absolute atomic E-state index is 11.9. The van der Waals surface area contributed by atoms with Crippen molar-refractivity contribution >= 4 is 17.5 Å². The highest BCUT2D eigenvalue weighted by atomic mass is 35.5. The molecule has 0 unspecified atom stereocenters. The molecule has 0 atom stereocenters. The summed E-state index contributed by atoms with van der Waals surface area (Å²) in [6.07, 6.45) is 0.738. The molecule has 0 aliphatic rings. The number of aryl methyl sites for hydroxylation is 2. The summed E-state index contributed by atoms with van der Waals surface area (Å²) in [6, 6.07) is 11.5. The van der Waals surface area contributed by atoms with Gasteiger partial charge in [0.1, 0.15) is 11.5 Å². The smallest absolute Gasteiger partial charge is 0.257 e. The molecular weight excluding hydrogens is 326 g/mol. The van der Waals surface area contributed by atoms with Gasteiger partial charge in [-0.2, -0.15) is 0 Å². The highest BCUT2D eigenvalue weighted by Crippen LogP contribution is 2.25. The van der Waals surface area contributed by atoms with Gasteiger partial charge in [-0.15, -0.1) is 0 Å². The zero-order valence-electron chi connectivity index (χ0n) is 14.2. The van der Waals surface area contributed by atoms with Gasteiger partial charge in [-0.05, 0) is 61.2 Å². The molecule has 0 fully saturated rings. The van der Waals surface area contributed by atoms with Gasteiger partial charge in [0, 0.05) is 11.6 Å². The van der Waals surface area contributed by atoms with E-state index in [-0.39, 0.29) is 12.5 Å². The highest BCUT2D eigenvalue weighted by molar-refractivity contribution is 6.32. The molecule has 4 nitrogen and oxygen atoms in total. The van der Waals surface area contributed by atoms with Crippen molar-refractivity contribution in [3.63, 3.8) is 0 Å². The van der Waals surface area contributed by atoms with Crippen molar-refractivity contribution in [1.29, 1.82) is 0 Å². The molecule has 0 aliphatic heterocycles. The maximum Gasteiger partial charge on any atom is 0.257 e. The van der Waals surface area contributed by atoms with E-state index >= 15 is 0 Å². The second-order valence-electron chi connectivity index (χ2n) is 5.61. The Morgan fingerprint density at radius 1 is 1.12 bits per heavy atom. The first kappa shape index (κ1) is 18.1. The van der Waals surface area contributed by atoms with E-state index in [1.165, 1.54) is 0 Å². The molecule has 0 saturated heterocycles. The van der Waals surface area contributed by atoms with E-state index < -0.39 is 0 Å². The molecule has 0 spiro atoms. The topological polar surface area (TPSA) is 47.6 Å². The van der Waals surface area contributed by atoms with Crippen molar-refractivity contribution in [1.82, 2.24) is 5.32 Å². The summed E-state index contributed by atoms with van der Waals surface area (Å²) in [5.74, 6) is 1.32. The number of benzene rings is 2. The fraction of sp³-hybridized carbons (Fsp3) is 0.316. The first-order valence-corrected chi connectivity index (χ1v) is 8.16. The fourth-order valence-corrected chi connectivity index (χ4v) is 2.47. The van der Waals surface area contributed by atoms with E-state index in [0.29, 0.717) is 12.3 Å². The van der Waals surface area contributed by atoms with Gasteiger partial charge >= 0.3 is 0 Å². The summed E-state index contributed by atoms with van der Waals surface area (Å²) in [4.78, 5) is 11.9. The molecule has 1 amide bonds. The second kappa shape index (κ2) is 8.60. The van der Waals surface area contributed by atoms with Crippen LogP contribution >= 0.6 is 11.6 Å². The first-order valence-electron chi connectivity index (χ1n) is 7.79. The fourth-order valence-electron chi connectivity index (χ4n) is 2.36. The number of carbonyl (C=O) groups excluding carboxylic acids is 1. The minimum absolute atomic E-state index is 0.0153. The van der Waals surface area contributed by atoms with Crippen molar-refractivity contribution in [3.05, 3.63) is 58.1 Å². The monoisotopic (exact) mass is 347 g/mol. The summed E-state index contributed by atoms with van der Waals surface area (Å²) in [6.45, 7) is 4.36. The number of carbonyl (C=O) groups is 1. The number of nitrogens with one attached hydrogen (secondary N) is 1. The van der Waals surface area contributed by atoms with Crippen LogP contribution in [-0.4, -0.2) is 26.2 Å². The maximum atomic E-state index is 11.9. The average Bonchev–Trinajstić information content (AvgIpc) is 2.58. The molecule has 0 aromatic heterocycles. The molecule has 128 valence electrons. The van der Waals surface area contributed by atoms with Crippen LogP contribution in [0.25, 0.3) is 0 Å². The third kappa shape index (κ3) is 5.17. The van der Waals surface area contributed by atoms with Crippen LogP contribution in [0.2, 0.25) is 5.02 Å². The van der Waals surface area contributed by atoms with Crippen LogP contribution in [0, 0.1) is 13.8 Å². The molecule has 1 N–H and O–H groups in total. The van der Waals surface area contributed by atoms with Crippen LogP contribution in [0.5, 0.6) is 11.5 Å². The van der Waals surface area contributed by atoms with E-state index in [0.717, 1.165) is 33.9 Å². The first-order chi connectivity index (χ1) is 11.5. The summed E-state index contributed by atoms with van der Waals surface area (Å²) in [7, 11) is 1.64. The number of methoxy groups -OCH3 is 1. The van der Waals surface area contributed by atoms with E-state index in [4.69, 9.17) is 21.1 Å². The Balaban J connectivity index is 1.77. The van der Waals surface area contributed by atoms with Gasteiger partial charge in [0.2, 0.25) is 0 Å². The van der Waals surface area contributed by atoms with Gasteiger partial charge < -0.3 is 14.8 Å². The zero-order valence-corrected chi connectivity index (χ0v) is 14.9. The lowest BCUT2D eigenvalue weighted by molar-refractivity contribution is -0.123. The molecular formula is C19H22ClNO3. The van der Waals surface area contributed by atoms with Crippen LogP contribution in [0.4, 0.5) is 0 Å². The molecule has 5 heteroatoms. The quantitative estimate of drug-likeness (QED) is 0.830. The summed E-state index contributed by atoms with van der Waals surface area (Å²) >= 11 is 6.12. The third-order valence-electron chi connectivity index (χ3n) is 3.65. The zero-order chi connectivity index (χ0) is 17.5. The Bertz CT molecular complexity index is 693. The molecule has 0 bridgehead atoms. The number of ether oxygens (including phenoxy) is 2. The van der Waals surface area contributed by atoms with Gasteiger partial charge in [-0.3, -0.25) is 4.79 Å². The average molecular weight is 348 g/mol. The van der Waals surface area contributed by atoms with Gasteiger partial charge in [0.25, 0.3) is 5.91 Å². The van der Waals surface area contributed by atoms with Crippen molar-refractivity contribution in [2.75, 3.05) is 20.3 Å². The largest absolute Gasteiger partial charge is 0.497 e. The predicted octanol–water partition coefficient (Wildman–Crippen LogP) is 3.70. The molecule has 2 aromatic carbocycles. The number of rotatable bonds is 7. The Morgan fingerprint density at radius 2 is 1.83 bits per heavy atom. The highest BCUT2D eigenvalue weighted by Gasteiger charge is 2.06. The number of hydrogen-bond acceptors (Lipinski definition) is 3. The standard InChI is InChI=1S/C19H22ClNO3/c1-13-9-17(10-14(2)19(13)20)24-12-18(22)21-8-7-15-5-4-6-16(11-15)23-3/h4-6,9-11H,7-8,12H2,1-3H3,(H,21,22). The van der Waals surface area contributed by atoms with Gasteiger partial charge in [-0.25, -0.2) is 0 Å². The van der Waals surface area contributed by atoms with Crippen LogP contribution in [0.1, 0.15) is 16.7 Å². The molecule has 24 heavy (non-hydrogen) atoms. The van der Waals surface area contributed by atoms with E-state index in [1.807, 2.05) is 50.2 Å². The van der Waals surface area contributed by atoms with Gasteiger partial charge in [-0.1, -0.05) is 23.7 Å². The minimum atomic E-state index is -0.150. The predicted molar refractivity (Wildman–Crippen MR) is 96.1 cm³/mol. The van der Waals surface area contributed by atoms with Crippen molar-refractivity contribution in [3.8, 4) is 11.5 Å². The molecule has 0 heterocycles. The Morgan fingerprint density at radius 3 is 2.50 bits per heavy atom. The normalized spacial score (nSPS) is 10.3. The summed E-state index contributed by atoms with van der Waals surface area (Å²) < 4.78 is 10.7. The lowest BCUT2D eigenvalue weighted by atomic mass is 10.1. The summed E-state index contributed by atoms with van der Waals surface area (Å²) in [5, 5.41) is 3.58. The summed E-state index contributed by atoms with van der Waals surface area (Å²) in [5.41, 5.74) is 2.98. The van der Waals surface area contributed by atoms with E-state index in [2.05, 4.69) is 5.32 Å². The lowest BCUT2D eigenvalue weighted by Crippen LogP contribution is -2.30. The van der Waals surface area contributed by atoms with E-state index in [1.54, 1.807) is 7.11 Å². The second-order valence-corrected chi connectivity index (χ2v) is 5.99. The third-order valence-corrected chi connectivity index (χ3v) is 4.25. The van der Waals surface area contributed by atoms with Crippen LogP contribution in [0.15, 0.2) is 36.4 Å². The Hall–Kier alpha value is -2.20. The van der Waals surface area contributed by atoms with Crippen LogP contribution < -0.4 is 14.8 Å². The van der Waals surface area contributed by atoms with Crippen molar-refractivity contribution < 1.29 is 14.3 Å². The molecule has 0 radical (unpaired) electrons.